The highest BCUT2D eigenvalue weighted by molar-refractivity contribution is 5.97. The van der Waals surface area contributed by atoms with Gasteiger partial charge < -0.3 is 19.1 Å². The molecule has 1 aliphatic carbocycles. The average Bonchev–Trinajstić information content (AvgIpc) is 3.56. The molecule has 0 unspecified atom stereocenters. The zero-order valence-corrected chi connectivity index (χ0v) is 19.8. The van der Waals surface area contributed by atoms with E-state index in [9.17, 15) is 35.9 Å². The minimum absolute atomic E-state index is 0.0336. The monoisotopic (exact) mass is 519 g/mol. The van der Waals surface area contributed by atoms with Gasteiger partial charge in [-0.1, -0.05) is 0 Å². The molecule has 36 heavy (non-hydrogen) atoms. The Bertz CT molecular complexity index is 1040. The topological polar surface area (TPSA) is 54.8 Å². The summed E-state index contributed by atoms with van der Waals surface area (Å²) in [6.45, 7) is -0.112. The summed E-state index contributed by atoms with van der Waals surface area (Å²) in [6.07, 6.45) is -6.58. The number of carbonyl (C=O) groups is 2. The molecule has 198 valence electrons. The summed E-state index contributed by atoms with van der Waals surface area (Å²) in [6, 6.07) is 4.35. The Kier molecular flexibility index (Phi) is 8.37. The molecule has 0 N–H and O–H groups in total. The maximum Gasteiger partial charge on any atom is 0.416 e. The molecule has 12 heteroatoms. The first-order valence-electron chi connectivity index (χ1n) is 11.3. The first-order chi connectivity index (χ1) is 16.8. The number of alkyl halides is 6. The Morgan fingerprint density at radius 2 is 1.67 bits per heavy atom. The largest absolute Gasteiger partial charge is 0.416 e. The van der Waals surface area contributed by atoms with Gasteiger partial charge in [0.2, 0.25) is 5.91 Å². The van der Waals surface area contributed by atoms with E-state index >= 15 is 0 Å². The predicted molar refractivity (Wildman–Crippen MR) is 118 cm³/mol. The third-order valence-electron chi connectivity index (χ3n) is 5.92. The van der Waals surface area contributed by atoms with Crippen LogP contribution in [0.1, 0.15) is 46.4 Å². The lowest BCUT2D eigenvalue weighted by atomic mass is 10.0. The van der Waals surface area contributed by atoms with Crippen molar-refractivity contribution in [1.29, 1.82) is 0 Å². The van der Waals surface area contributed by atoms with Gasteiger partial charge >= 0.3 is 12.4 Å². The minimum Gasteiger partial charge on any atom is -0.385 e. The van der Waals surface area contributed by atoms with Crippen LogP contribution in [0.4, 0.5) is 26.3 Å². The smallest absolute Gasteiger partial charge is 0.385 e. The number of carbonyl (C=O) groups excluding carboxylic acids is 2. The number of hydrogen-bond acceptors (Lipinski definition) is 3. The SMILES string of the molecule is COCCCN(CC(=O)N(Cc1cccn1C)C1CC1)C(=O)c1cc(C(F)(F)F)cc(C(F)(F)F)c1. The van der Waals surface area contributed by atoms with Crippen LogP contribution in [-0.4, -0.2) is 59.0 Å². The molecule has 0 bridgehead atoms. The Balaban J connectivity index is 1.89. The van der Waals surface area contributed by atoms with Crippen molar-refractivity contribution < 1.29 is 40.7 Å². The van der Waals surface area contributed by atoms with Gasteiger partial charge in [-0.3, -0.25) is 9.59 Å². The molecule has 1 saturated carbocycles. The fourth-order valence-electron chi connectivity index (χ4n) is 3.81. The van der Waals surface area contributed by atoms with Crippen LogP contribution in [0.15, 0.2) is 36.5 Å². The number of methoxy groups -OCH3 is 1. The number of aromatic nitrogens is 1. The first kappa shape index (κ1) is 27.6. The lowest BCUT2D eigenvalue weighted by Gasteiger charge is -2.28. The van der Waals surface area contributed by atoms with Crippen molar-refractivity contribution in [1.82, 2.24) is 14.4 Å². The highest BCUT2D eigenvalue weighted by atomic mass is 19.4. The Morgan fingerprint density at radius 1 is 1.06 bits per heavy atom. The minimum atomic E-state index is -5.09. The van der Waals surface area contributed by atoms with Crippen LogP contribution in [0.2, 0.25) is 0 Å². The summed E-state index contributed by atoms with van der Waals surface area (Å²) in [5, 5.41) is 0. The van der Waals surface area contributed by atoms with Gasteiger partial charge in [0, 0.05) is 50.8 Å². The van der Waals surface area contributed by atoms with Crippen molar-refractivity contribution in [2.75, 3.05) is 26.8 Å². The van der Waals surface area contributed by atoms with Crippen molar-refractivity contribution in [2.24, 2.45) is 7.05 Å². The fraction of sp³-hybridized carbons (Fsp3) is 0.500. The van der Waals surface area contributed by atoms with Crippen molar-refractivity contribution in [3.8, 4) is 0 Å². The summed E-state index contributed by atoms with van der Waals surface area (Å²) in [7, 11) is 3.23. The summed E-state index contributed by atoms with van der Waals surface area (Å²) < 4.78 is 86.6. The van der Waals surface area contributed by atoms with E-state index in [0.29, 0.717) is 12.1 Å². The van der Waals surface area contributed by atoms with Gasteiger partial charge in [0.25, 0.3) is 5.91 Å². The first-order valence-corrected chi connectivity index (χ1v) is 11.3. The van der Waals surface area contributed by atoms with E-state index in [1.165, 1.54) is 7.11 Å². The van der Waals surface area contributed by atoms with E-state index in [1.54, 1.807) is 4.90 Å². The number of rotatable bonds is 10. The molecule has 0 aliphatic heterocycles. The lowest BCUT2D eigenvalue weighted by Crippen LogP contribution is -2.44. The maximum atomic E-state index is 13.3. The van der Waals surface area contributed by atoms with Crippen molar-refractivity contribution in [3.63, 3.8) is 0 Å². The molecule has 0 spiro atoms. The molecule has 1 aliphatic rings. The van der Waals surface area contributed by atoms with E-state index in [4.69, 9.17) is 4.74 Å². The highest BCUT2D eigenvalue weighted by Crippen LogP contribution is 2.36. The van der Waals surface area contributed by atoms with Gasteiger partial charge in [-0.15, -0.1) is 0 Å². The van der Waals surface area contributed by atoms with Crippen LogP contribution in [-0.2, 0) is 35.5 Å². The summed E-state index contributed by atoms with van der Waals surface area (Å²) in [4.78, 5) is 29.0. The number of halogens is 6. The van der Waals surface area contributed by atoms with Crippen LogP contribution in [0.3, 0.4) is 0 Å². The second kappa shape index (κ2) is 10.9. The zero-order chi connectivity index (χ0) is 26.7. The van der Waals surface area contributed by atoms with Crippen LogP contribution in [0, 0.1) is 0 Å². The Hall–Kier alpha value is -3.02. The van der Waals surface area contributed by atoms with Gasteiger partial charge in [0.15, 0.2) is 0 Å². The molecule has 1 aromatic carbocycles. The van der Waals surface area contributed by atoms with Crippen LogP contribution in [0.5, 0.6) is 0 Å². The number of hydrogen-bond donors (Lipinski definition) is 0. The summed E-state index contributed by atoms with van der Waals surface area (Å²) >= 11 is 0. The van der Waals surface area contributed by atoms with Gasteiger partial charge in [-0.05, 0) is 49.6 Å². The van der Waals surface area contributed by atoms with Crippen LogP contribution >= 0.6 is 0 Å². The van der Waals surface area contributed by atoms with Crippen molar-refractivity contribution in [2.45, 2.75) is 44.2 Å². The number of benzene rings is 1. The second-order valence-electron chi connectivity index (χ2n) is 8.73. The van der Waals surface area contributed by atoms with Crippen molar-refractivity contribution >= 4 is 11.8 Å². The third kappa shape index (κ3) is 7.02. The van der Waals surface area contributed by atoms with E-state index in [1.807, 2.05) is 29.9 Å². The van der Waals surface area contributed by atoms with E-state index in [0.717, 1.165) is 23.4 Å². The molecule has 2 amide bonds. The number of nitrogens with zero attached hydrogens (tertiary/aromatic N) is 3. The number of ether oxygens (including phenoxy) is 1. The molecular weight excluding hydrogens is 492 g/mol. The third-order valence-corrected chi connectivity index (χ3v) is 5.92. The molecule has 3 rings (SSSR count). The highest BCUT2D eigenvalue weighted by Gasteiger charge is 2.39. The van der Waals surface area contributed by atoms with Gasteiger partial charge in [0.05, 0.1) is 17.7 Å². The molecule has 2 aromatic rings. The van der Waals surface area contributed by atoms with E-state index in [2.05, 4.69) is 0 Å². The second-order valence-corrected chi connectivity index (χ2v) is 8.73. The van der Waals surface area contributed by atoms with Crippen LogP contribution in [0.25, 0.3) is 0 Å². The fourth-order valence-corrected chi connectivity index (χ4v) is 3.81. The number of amides is 2. The van der Waals surface area contributed by atoms with Gasteiger partial charge in [0.1, 0.15) is 6.54 Å². The Morgan fingerprint density at radius 3 is 2.14 bits per heavy atom. The lowest BCUT2D eigenvalue weighted by molar-refractivity contribution is -0.143. The molecule has 6 nitrogen and oxygen atoms in total. The van der Waals surface area contributed by atoms with Crippen LogP contribution < -0.4 is 0 Å². The van der Waals surface area contributed by atoms with E-state index < -0.39 is 47.4 Å². The number of aryl methyl sites for hydroxylation is 1. The molecule has 1 fully saturated rings. The van der Waals surface area contributed by atoms with Gasteiger partial charge in [-0.25, -0.2) is 0 Å². The summed E-state index contributed by atoms with van der Waals surface area (Å²) in [5.74, 6) is -1.53. The molecular formula is C24H27F6N3O3. The average molecular weight is 519 g/mol. The molecule has 0 radical (unpaired) electrons. The zero-order valence-electron chi connectivity index (χ0n) is 19.8. The standard InChI is InChI=1S/C24H27F6N3O3/c1-31-8-3-5-20(31)14-33(19-6-7-19)21(34)15-32(9-4-10-36-2)22(35)16-11-17(23(25,26)27)13-18(12-16)24(28,29)30/h3,5,8,11-13,19H,4,6-7,9-10,14-15H2,1-2H3. The Labute approximate surface area is 204 Å². The summed E-state index contributed by atoms with van der Waals surface area (Å²) in [5.41, 5.74) is -3.12. The normalized spacial score (nSPS) is 14.1. The predicted octanol–water partition coefficient (Wildman–Crippen LogP) is 4.73. The van der Waals surface area contributed by atoms with E-state index in [-0.39, 0.29) is 38.2 Å². The quantitative estimate of drug-likeness (QED) is 0.337. The van der Waals surface area contributed by atoms with Crippen molar-refractivity contribution in [3.05, 3.63) is 58.9 Å². The maximum absolute atomic E-state index is 13.3. The molecule has 0 atom stereocenters. The molecule has 1 aromatic heterocycles. The van der Waals surface area contributed by atoms with Gasteiger partial charge in [-0.2, -0.15) is 26.3 Å². The molecule has 0 saturated heterocycles. The molecule has 1 heterocycles.